The lowest BCUT2D eigenvalue weighted by atomic mass is 10.2. The molecule has 1 aromatic heterocycles. The summed E-state index contributed by atoms with van der Waals surface area (Å²) >= 11 is 5.87. The van der Waals surface area contributed by atoms with Crippen molar-refractivity contribution in [3.63, 3.8) is 0 Å². The lowest BCUT2D eigenvalue weighted by molar-refractivity contribution is 0.0709. The highest BCUT2D eigenvalue weighted by atomic mass is 35.5. The fourth-order valence-electron chi connectivity index (χ4n) is 2.47. The maximum absolute atomic E-state index is 12.5. The molecule has 5 nitrogen and oxygen atoms in total. The SMILES string of the molecule is CC1CN(C(=O)c2cnn(-c3ccc(Cl)cc3)c2)CCN1.Cl. The molecule has 1 aromatic carbocycles. The Hall–Kier alpha value is -1.56. The van der Waals surface area contributed by atoms with Gasteiger partial charge in [-0.1, -0.05) is 11.6 Å². The van der Waals surface area contributed by atoms with E-state index in [2.05, 4.69) is 17.3 Å². The second kappa shape index (κ2) is 7.13. The molecule has 22 heavy (non-hydrogen) atoms. The third-order valence-corrected chi connectivity index (χ3v) is 3.83. The van der Waals surface area contributed by atoms with Gasteiger partial charge in [-0.25, -0.2) is 4.68 Å². The van der Waals surface area contributed by atoms with Crippen LogP contribution in [0, 0.1) is 0 Å². The summed E-state index contributed by atoms with van der Waals surface area (Å²) in [6.45, 7) is 4.37. The minimum atomic E-state index is 0. The molecule has 1 unspecified atom stereocenters. The van der Waals surface area contributed by atoms with Crippen LogP contribution in [-0.4, -0.2) is 46.3 Å². The van der Waals surface area contributed by atoms with Gasteiger partial charge in [0, 0.05) is 36.9 Å². The second-order valence-corrected chi connectivity index (χ2v) is 5.69. The zero-order chi connectivity index (χ0) is 14.8. The van der Waals surface area contributed by atoms with Crippen LogP contribution < -0.4 is 5.32 Å². The Morgan fingerprint density at radius 2 is 2.09 bits per heavy atom. The molecule has 1 atom stereocenters. The van der Waals surface area contributed by atoms with Crippen molar-refractivity contribution in [3.8, 4) is 5.69 Å². The number of aromatic nitrogens is 2. The zero-order valence-electron chi connectivity index (χ0n) is 12.2. The van der Waals surface area contributed by atoms with Crippen LogP contribution >= 0.6 is 24.0 Å². The molecule has 118 valence electrons. The van der Waals surface area contributed by atoms with Crippen LogP contribution in [0.1, 0.15) is 17.3 Å². The van der Waals surface area contributed by atoms with Gasteiger partial charge in [-0.2, -0.15) is 5.10 Å². The van der Waals surface area contributed by atoms with E-state index in [1.54, 1.807) is 29.2 Å². The van der Waals surface area contributed by atoms with Crippen molar-refractivity contribution >= 4 is 29.9 Å². The van der Waals surface area contributed by atoms with Crippen LogP contribution in [0.4, 0.5) is 0 Å². The van der Waals surface area contributed by atoms with Crippen molar-refractivity contribution < 1.29 is 4.79 Å². The van der Waals surface area contributed by atoms with Gasteiger partial charge in [0.15, 0.2) is 0 Å². The highest BCUT2D eigenvalue weighted by Gasteiger charge is 2.22. The van der Waals surface area contributed by atoms with Crippen molar-refractivity contribution in [2.45, 2.75) is 13.0 Å². The fraction of sp³-hybridized carbons (Fsp3) is 0.333. The second-order valence-electron chi connectivity index (χ2n) is 5.26. The number of carbonyl (C=O) groups excluding carboxylic acids is 1. The Bertz CT molecular complexity index is 641. The number of hydrogen-bond donors (Lipinski definition) is 1. The average molecular weight is 341 g/mol. The molecule has 0 saturated carbocycles. The predicted molar refractivity (Wildman–Crippen MR) is 89.2 cm³/mol. The summed E-state index contributed by atoms with van der Waals surface area (Å²) in [4.78, 5) is 14.3. The van der Waals surface area contributed by atoms with Crippen LogP contribution in [0.3, 0.4) is 0 Å². The molecule has 1 fully saturated rings. The van der Waals surface area contributed by atoms with E-state index < -0.39 is 0 Å². The van der Waals surface area contributed by atoms with Gasteiger partial charge in [-0.15, -0.1) is 12.4 Å². The highest BCUT2D eigenvalue weighted by molar-refractivity contribution is 6.30. The Morgan fingerprint density at radius 3 is 2.77 bits per heavy atom. The van der Waals surface area contributed by atoms with Gasteiger partial charge >= 0.3 is 0 Å². The Morgan fingerprint density at radius 1 is 1.36 bits per heavy atom. The maximum atomic E-state index is 12.5. The molecule has 2 aromatic rings. The number of carbonyl (C=O) groups is 1. The predicted octanol–water partition coefficient (Wildman–Crippen LogP) is 2.38. The first kappa shape index (κ1) is 16.8. The molecule has 1 aliphatic rings. The number of piperazine rings is 1. The molecule has 3 rings (SSSR count). The van der Waals surface area contributed by atoms with E-state index in [0.29, 0.717) is 16.6 Å². The number of benzene rings is 1. The molecular weight excluding hydrogens is 323 g/mol. The lowest BCUT2D eigenvalue weighted by Crippen LogP contribution is -2.51. The van der Waals surface area contributed by atoms with Crippen LogP contribution in [-0.2, 0) is 0 Å². The third-order valence-electron chi connectivity index (χ3n) is 3.58. The Kier molecular flexibility index (Phi) is 5.45. The van der Waals surface area contributed by atoms with Crippen molar-refractivity contribution in [1.29, 1.82) is 0 Å². The molecule has 2 heterocycles. The Labute approximate surface area is 140 Å². The fourth-order valence-corrected chi connectivity index (χ4v) is 2.59. The first-order chi connectivity index (χ1) is 10.1. The van der Waals surface area contributed by atoms with Crippen molar-refractivity contribution in [3.05, 3.63) is 47.2 Å². The minimum absolute atomic E-state index is 0. The molecule has 1 amide bonds. The number of nitrogens with zero attached hydrogens (tertiary/aromatic N) is 3. The summed E-state index contributed by atoms with van der Waals surface area (Å²) in [6.07, 6.45) is 3.38. The van der Waals surface area contributed by atoms with E-state index >= 15 is 0 Å². The standard InChI is InChI=1S/C15H17ClN4O.ClH/c1-11-9-19(7-6-17-11)15(21)12-8-18-20(10-12)14-4-2-13(16)3-5-14;/h2-5,8,10-11,17H,6-7,9H2,1H3;1H. The lowest BCUT2D eigenvalue weighted by Gasteiger charge is -2.31. The van der Waals surface area contributed by atoms with Gasteiger partial charge in [0.1, 0.15) is 0 Å². The van der Waals surface area contributed by atoms with Crippen LogP contribution in [0.25, 0.3) is 5.69 Å². The molecule has 0 radical (unpaired) electrons. The van der Waals surface area contributed by atoms with Crippen molar-refractivity contribution in [2.75, 3.05) is 19.6 Å². The summed E-state index contributed by atoms with van der Waals surface area (Å²) < 4.78 is 1.69. The van der Waals surface area contributed by atoms with E-state index in [0.717, 1.165) is 25.3 Å². The molecule has 1 N–H and O–H groups in total. The number of nitrogens with one attached hydrogen (secondary N) is 1. The molecule has 0 bridgehead atoms. The Balaban J connectivity index is 0.00000176. The first-order valence-electron chi connectivity index (χ1n) is 6.97. The van der Waals surface area contributed by atoms with Gasteiger partial charge in [-0.05, 0) is 31.2 Å². The van der Waals surface area contributed by atoms with Gasteiger partial charge in [0.25, 0.3) is 5.91 Å². The van der Waals surface area contributed by atoms with Crippen molar-refractivity contribution in [2.24, 2.45) is 0 Å². The largest absolute Gasteiger partial charge is 0.336 e. The van der Waals surface area contributed by atoms with Gasteiger partial charge < -0.3 is 10.2 Å². The summed E-state index contributed by atoms with van der Waals surface area (Å²) in [6, 6.07) is 7.68. The average Bonchev–Trinajstić information content (AvgIpc) is 2.97. The van der Waals surface area contributed by atoms with E-state index in [1.165, 1.54) is 0 Å². The minimum Gasteiger partial charge on any atom is -0.336 e. The van der Waals surface area contributed by atoms with Gasteiger partial charge in [-0.3, -0.25) is 4.79 Å². The van der Waals surface area contributed by atoms with Crippen molar-refractivity contribution in [1.82, 2.24) is 20.0 Å². The van der Waals surface area contributed by atoms with E-state index in [-0.39, 0.29) is 18.3 Å². The summed E-state index contributed by atoms with van der Waals surface area (Å²) in [5.41, 5.74) is 1.49. The number of rotatable bonds is 2. The maximum Gasteiger partial charge on any atom is 0.257 e. The van der Waals surface area contributed by atoms with Crippen LogP contribution in [0.5, 0.6) is 0 Å². The van der Waals surface area contributed by atoms with Crippen LogP contribution in [0.2, 0.25) is 5.02 Å². The van der Waals surface area contributed by atoms with Crippen LogP contribution in [0.15, 0.2) is 36.7 Å². The quantitative estimate of drug-likeness (QED) is 0.913. The van der Waals surface area contributed by atoms with E-state index in [4.69, 9.17) is 11.6 Å². The number of halogens is 2. The molecule has 0 aliphatic carbocycles. The molecule has 0 spiro atoms. The normalized spacial score (nSPS) is 17.9. The number of hydrogen-bond acceptors (Lipinski definition) is 3. The topological polar surface area (TPSA) is 50.2 Å². The van der Waals surface area contributed by atoms with Gasteiger partial charge in [0.2, 0.25) is 0 Å². The molecule has 7 heteroatoms. The summed E-state index contributed by atoms with van der Waals surface area (Å²) in [5, 5.41) is 8.27. The van der Waals surface area contributed by atoms with E-state index in [9.17, 15) is 4.79 Å². The first-order valence-corrected chi connectivity index (χ1v) is 7.34. The van der Waals surface area contributed by atoms with E-state index in [1.807, 2.05) is 17.0 Å². The summed E-state index contributed by atoms with van der Waals surface area (Å²) in [7, 11) is 0. The molecular formula is C15H18Cl2N4O. The zero-order valence-corrected chi connectivity index (χ0v) is 13.8. The smallest absolute Gasteiger partial charge is 0.257 e. The van der Waals surface area contributed by atoms with Gasteiger partial charge in [0.05, 0.1) is 17.4 Å². The summed E-state index contributed by atoms with van der Waals surface area (Å²) in [5.74, 6) is 0.0311. The third kappa shape index (κ3) is 3.61. The highest BCUT2D eigenvalue weighted by Crippen LogP contribution is 2.14. The number of amides is 1. The monoisotopic (exact) mass is 340 g/mol. The molecule has 1 saturated heterocycles. The molecule has 1 aliphatic heterocycles.